The first kappa shape index (κ1) is 14.7. The van der Waals surface area contributed by atoms with E-state index in [1.807, 2.05) is 22.4 Å². The molecule has 2 heterocycles. The van der Waals surface area contributed by atoms with Gasteiger partial charge in [0.1, 0.15) is 0 Å². The van der Waals surface area contributed by atoms with Gasteiger partial charge >= 0.3 is 0 Å². The molecule has 3 rings (SSSR count). The largest absolute Gasteiger partial charge is 0.312 e. The standard InChI is InChI=1S/C16H17BrN2OS/c1-2-15-18-13(10-21-15)9-16(20)19-7-3-4-11-8-12(17)5-6-14(11)19/h5-6,8,10H,2-4,7,9H2,1H3. The van der Waals surface area contributed by atoms with Crippen molar-refractivity contribution in [3.8, 4) is 0 Å². The van der Waals surface area contributed by atoms with E-state index < -0.39 is 0 Å². The highest BCUT2D eigenvalue weighted by atomic mass is 79.9. The number of amides is 1. The Bertz CT molecular complexity index is 668. The van der Waals surface area contributed by atoms with Gasteiger partial charge in [-0.15, -0.1) is 11.3 Å². The molecule has 3 nitrogen and oxygen atoms in total. The molecule has 1 aliphatic heterocycles. The molecule has 1 aliphatic rings. The van der Waals surface area contributed by atoms with Crippen molar-refractivity contribution in [3.05, 3.63) is 44.3 Å². The van der Waals surface area contributed by atoms with Gasteiger partial charge in [0.05, 0.1) is 17.1 Å². The maximum Gasteiger partial charge on any atom is 0.233 e. The lowest BCUT2D eigenvalue weighted by Crippen LogP contribution is -2.36. The highest BCUT2D eigenvalue weighted by molar-refractivity contribution is 9.10. The molecule has 0 saturated heterocycles. The fourth-order valence-electron chi connectivity index (χ4n) is 2.67. The third kappa shape index (κ3) is 3.19. The number of anilines is 1. The maximum absolute atomic E-state index is 12.6. The minimum atomic E-state index is 0.145. The number of nitrogens with zero attached hydrogens (tertiary/aromatic N) is 2. The molecule has 1 aromatic carbocycles. The lowest BCUT2D eigenvalue weighted by Gasteiger charge is -2.29. The Kier molecular flexibility index (Phi) is 4.40. The molecule has 2 aromatic rings. The van der Waals surface area contributed by atoms with Crippen molar-refractivity contribution in [1.82, 2.24) is 4.98 Å². The van der Waals surface area contributed by atoms with Crippen molar-refractivity contribution in [1.29, 1.82) is 0 Å². The van der Waals surface area contributed by atoms with Crippen LogP contribution in [0.15, 0.2) is 28.1 Å². The van der Waals surface area contributed by atoms with Crippen LogP contribution in [0.1, 0.15) is 29.6 Å². The average molecular weight is 365 g/mol. The predicted octanol–water partition coefficient (Wildman–Crippen LogP) is 3.99. The second-order valence-electron chi connectivity index (χ2n) is 5.18. The molecule has 0 aliphatic carbocycles. The third-order valence-corrected chi connectivity index (χ3v) is 5.23. The molecule has 110 valence electrons. The number of hydrogen-bond donors (Lipinski definition) is 0. The Hall–Kier alpha value is -1.20. The van der Waals surface area contributed by atoms with Crippen molar-refractivity contribution < 1.29 is 4.79 Å². The molecule has 0 N–H and O–H groups in total. The summed E-state index contributed by atoms with van der Waals surface area (Å²) in [5.74, 6) is 0.145. The van der Waals surface area contributed by atoms with E-state index in [4.69, 9.17) is 0 Å². The smallest absolute Gasteiger partial charge is 0.233 e. The summed E-state index contributed by atoms with van der Waals surface area (Å²) in [6, 6.07) is 6.16. The lowest BCUT2D eigenvalue weighted by atomic mass is 10.0. The molecule has 0 radical (unpaired) electrons. The fourth-order valence-corrected chi connectivity index (χ4v) is 3.82. The maximum atomic E-state index is 12.6. The number of halogens is 1. The van der Waals surface area contributed by atoms with Crippen molar-refractivity contribution in [2.75, 3.05) is 11.4 Å². The second-order valence-corrected chi connectivity index (χ2v) is 7.04. The number of rotatable bonds is 3. The van der Waals surface area contributed by atoms with Crippen LogP contribution >= 0.6 is 27.3 Å². The summed E-state index contributed by atoms with van der Waals surface area (Å²) < 4.78 is 1.07. The monoisotopic (exact) mass is 364 g/mol. The van der Waals surface area contributed by atoms with E-state index in [9.17, 15) is 4.79 Å². The van der Waals surface area contributed by atoms with Gasteiger partial charge in [-0.25, -0.2) is 4.98 Å². The zero-order valence-corrected chi connectivity index (χ0v) is 14.3. The first-order valence-corrected chi connectivity index (χ1v) is 8.86. The summed E-state index contributed by atoms with van der Waals surface area (Å²) in [7, 11) is 0. The van der Waals surface area contributed by atoms with Gasteiger partial charge in [-0.05, 0) is 43.0 Å². The average Bonchev–Trinajstić information content (AvgIpc) is 2.93. The van der Waals surface area contributed by atoms with Crippen molar-refractivity contribution in [3.63, 3.8) is 0 Å². The van der Waals surface area contributed by atoms with Crippen LogP contribution < -0.4 is 4.90 Å². The minimum absolute atomic E-state index is 0.145. The SMILES string of the molecule is CCc1nc(CC(=O)N2CCCc3cc(Br)ccc32)cs1. The molecule has 0 atom stereocenters. The van der Waals surface area contributed by atoms with Gasteiger partial charge in [-0.1, -0.05) is 22.9 Å². The molecule has 21 heavy (non-hydrogen) atoms. The number of benzene rings is 1. The molecule has 0 saturated carbocycles. The van der Waals surface area contributed by atoms with E-state index in [1.165, 1.54) is 5.56 Å². The quantitative estimate of drug-likeness (QED) is 0.824. The summed E-state index contributed by atoms with van der Waals surface area (Å²) >= 11 is 5.14. The molecule has 0 spiro atoms. The number of carbonyl (C=O) groups excluding carboxylic acids is 1. The summed E-state index contributed by atoms with van der Waals surface area (Å²) in [6.45, 7) is 2.89. The summed E-state index contributed by atoms with van der Waals surface area (Å²) in [4.78, 5) is 19.0. The number of carbonyl (C=O) groups is 1. The van der Waals surface area contributed by atoms with Crippen molar-refractivity contribution in [2.45, 2.75) is 32.6 Å². The molecule has 0 bridgehead atoms. The first-order chi connectivity index (χ1) is 10.2. The van der Waals surface area contributed by atoms with E-state index in [0.717, 1.165) is 46.7 Å². The Morgan fingerprint density at radius 1 is 1.48 bits per heavy atom. The van der Waals surface area contributed by atoms with E-state index in [-0.39, 0.29) is 5.91 Å². The molecule has 1 amide bonds. The van der Waals surface area contributed by atoms with E-state index in [0.29, 0.717) is 6.42 Å². The number of aromatic nitrogens is 1. The third-order valence-electron chi connectivity index (χ3n) is 3.70. The Morgan fingerprint density at radius 2 is 2.33 bits per heavy atom. The van der Waals surface area contributed by atoms with Gasteiger partial charge in [-0.2, -0.15) is 0 Å². The lowest BCUT2D eigenvalue weighted by molar-refractivity contribution is -0.118. The molecular weight excluding hydrogens is 348 g/mol. The van der Waals surface area contributed by atoms with Gasteiger partial charge in [0, 0.05) is 22.1 Å². The van der Waals surface area contributed by atoms with Gasteiger partial charge in [0.2, 0.25) is 5.91 Å². The van der Waals surface area contributed by atoms with E-state index >= 15 is 0 Å². The van der Waals surface area contributed by atoms with Crippen molar-refractivity contribution >= 4 is 38.9 Å². The van der Waals surface area contributed by atoms with E-state index in [1.54, 1.807) is 11.3 Å². The van der Waals surface area contributed by atoms with E-state index in [2.05, 4.69) is 33.9 Å². The molecular formula is C16H17BrN2OS. The molecule has 5 heteroatoms. The Balaban J connectivity index is 1.79. The molecule has 0 fully saturated rings. The zero-order valence-electron chi connectivity index (χ0n) is 11.9. The topological polar surface area (TPSA) is 33.2 Å². The highest BCUT2D eigenvalue weighted by Gasteiger charge is 2.23. The molecule has 1 aromatic heterocycles. The van der Waals surface area contributed by atoms with Crippen LogP contribution in [-0.2, 0) is 24.1 Å². The zero-order chi connectivity index (χ0) is 14.8. The highest BCUT2D eigenvalue weighted by Crippen LogP contribution is 2.30. The Morgan fingerprint density at radius 3 is 3.10 bits per heavy atom. The minimum Gasteiger partial charge on any atom is -0.312 e. The summed E-state index contributed by atoms with van der Waals surface area (Å²) in [6.07, 6.45) is 3.38. The normalized spacial score (nSPS) is 14.1. The van der Waals surface area contributed by atoms with Gasteiger partial charge in [-0.3, -0.25) is 4.79 Å². The number of hydrogen-bond acceptors (Lipinski definition) is 3. The van der Waals surface area contributed by atoms with Crippen LogP contribution in [0.2, 0.25) is 0 Å². The number of fused-ring (bicyclic) bond motifs is 1. The van der Waals surface area contributed by atoms with Crippen LogP contribution in [-0.4, -0.2) is 17.4 Å². The molecule has 0 unspecified atom stereocenters. The summed E-state index contributed by atoms with van der Waals surface area (Å²) in [5, 5.41) is 3.10. The second kappa shape index (κ2) is 6.28. The predicted molar refractivity (Wildman–Crippen MR) is 90.0 cm³/mol. The van der Waals surface area contributed by atoms with Crippen LogP contribution in [0.25, 0.3) is 0 Å². The number of thiazole rings is 1. The fraction of sp³-hybridized carbons (Fsp3) is 0.375. The van der Waals surface area contributed by atoms with Gasteiger partial charge < -0.3 is 4.90 Å². The van der Waals surface area contributed by atoms with Gasteiger partial charge in [0.25, 0.3) is 0 Å². The van der Waals surface area contributed by atoms with Crippen LogP contribution in [0.3, 0.4) is 0 Å². The van der Waals surface area contributed by atoms with Gasteiger partial charge in [0.15, 0.2) is 0 Å². The van der Waals surface area contributed by atoms with Crippen molar-refractivity contribution in [2.24, 2.45) is 0 Å². The van der Waals surface area contributed by atoms with Crippen LogP contribution in [0.5, 0.6) is 0 Å². The summed E-state index contributed by atoms with van der Waals surface area (Å²) in [5.41, 5.74) is 3.20. The van der Waals surface area contributed by atoms with Crippen LogP contribution in [0, 0.1) is 0 Å². The first-order valence-electron chi connectivity index (χ1n) is 7.19. The number of aryl methyl sites for hydroxylation is 2. The Labute approximate surface area is 137 Å². The van der Waals surface area contributed by atoms with Crippen LogP contribution in [0.4, 0.5) is 5.69 Å².